The summed E-state index contributed by atoms with van der Waals surface area (Å²) in [6.07, 6.45) is 2.09. The quantitative estimate of drug-likeness (QED) is 0.317. The zero-order valence-corrected chi connectivity index (χ0v) is 21.8. The molecule has 0 aromatic heterocycles. The summed E-state index contributed by atoms with van der Waals surface area (Å²) in [7, 11) is 0. The van der Waals surface area contributed by atoms with Crippen molar-refractivity contribution in [3.8, 4) is 5.75 Å². The van der Waals surface area contributed by atoms with Gasteiger partial charge in [-0.3, -0.25) is 0 Å². The molecule has 0 radical (unpaired) electrons. The lowest BCUT2D eigenvalue weighted by Crippen LogP contribution is -2.45. The zero-order chi connectivity index (χ0) is 25.6. The second-order valence-electron chi connectivity index (χ2n) is 10.7. The molecule has 6 nitrogen and oxygen atoms in total. The van der Waals surface area contributed by atoms with E-state index in [1.807, 2.05) is 30.3 Å². The van der Waals surface area contributed by atoms with E-state index in [0.29, 0.717) is 11.8 Å². The molecule has 35 heavy (non-hydrogen) atoms. The molecule has 0 aliphatic heterocycles. The minimum atomic E-state index is -0.902. The van der Waals surface area contributed by atoms with Gasteiger partial charge in [-0.25, -0.2) is 9.59 Å². The van der Waals surface area contributed by atoms with E-state index in [2.05, 4.69) is 44.3 Å². The summed E-state index contributed by atoms with van der Waals surface area (Å²) >= 11 is 0. The number of nitrogens with one attached hydrogen (secondary N) is 1. The Morgan fingerprint density at radius 1 is 0.971 bits per heavy atom. The van der Waals surface area contributed by atoms with E-state index in [0.717, 1.165) is 22.4 Å². The Labute approximate surface area is 209 Å². The third kappa shape index (κ3) is 8.01. The monoisotopic (exact) mass is 481 g/mol. The molecule has 2 atom stereocenters. The third-order valence-electron chi connectivity index (χ3n) is 6.18. The number of esters is 1. The first-order valence-corrected chi connectivity index (χ1v) is 12.5. The van der Waals surface area contributed by atoms with Crippen LogP contribution in [0.4, 0.5) is 4.79 Å². The van der Waals surface area contributed by atoms with E-state index in [-0.39, 0.29) is 19.1 Å². The van der Waals surface area contributed by atoms with Crippen LogP contribution in [0.5, 0.6) is 5.75 Å². The molecule has 1 fully saturated rings. The predicted molar refractivity (Wildman–Crippen MR) is 137 cm³/mol. The van der Waals surface area contributed by atoms with Gasteiger partial charge in [0.1, 0.15) is 17.4 Å². The van der Waals surface area contributed by atoms with Crippen molar-refractivity contribution in [2.45, 2.75) is 84.3 Å². The van der Waals surface area contributed by atoms with Gasteiger partial charge in [-0.05, 0) is 68.1 Å². The van der Waals surface area contributed by atoms with Gasteiger partial charge in [0.25, 0.3) is 0 Å². The fourth-order valence-electron chi connectivity index (χ4n) is 4.14. The molecule has 2 aromatic carbocycles. The van der Waals surface area contributed by atoms with E-state index in [4.69, 9.17) is 14.2 Å². The maximum atomic E-state index is 13.0. The van der Waals surface area contributed by atoms with E-state index in [1.165, 1.54) is 12.8 Å². The van der Waals surface area contributed by atoms with Gasteiger partial charge in [-0.1, -0.05) is 69.3 Å². The van der Waals surface area contributed by atoms with Gasteiger partial charge in [-0.2, -0.15) is 0 Å². The average Bonchev–Trinajstić information content (AvgIpc) is 3.63. The smallest absolute Gasteiger partial charge is 0.408 e. The Hall–Kier alpha value is -3.02. The second kappa shape index (κ2) is 11.6. The van der Waals surface area contributed by atoms with Crippen molar-refractivity contribution < 1.29 is 23.8 Å². The Kier molecular flexibility index (Phi) is 8.82. The van der Waals surface area contributed by atoms with Crippen molar-refractivity contribution in [1.29, 1.82) is 0 Å². The van der Waals surface area contributed by atoms with Gasteiger partial charge in [-0.15, -0.1) is 0 Å². The molecular formula is C29H39NO5. The van der Waals surface area contributed by atoms with E-state index >= 15 is 0 Å². The number of carbonyl (C=O) groups is 2. The number of ether oxygens (including phenoxy) is 3. The van der Waals surface area contributed by atoms with Crippen LogP contribution in [0.2, 0.25) is 0 Å². The summed E-state index contributed by atoms with van der Waals surface area (Å²) in [5.41, 5.74) is 2.47. The standard InChI is InChI=1S/C29H39NO5/c1-19(2)23-13-10-14-24(20(3)22-15-16-22)26(23)33-18-34-27(31)25(17-21-11-8-7-9-12-21)30-28(32)35-29(4,5)6/h7-14,19-20,22,25H,15-18H2,1-6H3,(H,30,32)/t20-,25+/m1/s1. The lowest BCUT2D eigenvalue weighted by atomic mass is 9.90. The highest BCUT2D eigenvalue weighted by Crippen LogP contribution is 2.46. The van der Waals surface area contributed by atoms with Crippen molar-refractivity contribution in [2.75, 3.05) is 6.79 Å². The van der Waals surface area contributed by atoms with Crippen molar-refractivity contribution >= 4 is 12.1 Å². The highest BCUT2D eigenvalue weighted by molar-refractivity contribution is 5.81. The summed E-state index contributed by atoms with van der Waals surface area (Å²) in [5.74, 6) is 1.56. The van der Waals surface area contributed by atoms with Crippen molar-refractivity contribution in [3.63, 3.8) is 0 Å². The van der Waals surface area contributed by atoms with Crippen LogP contribution < -0.4 is 10.1 Å². The molecule has 1 N–H and O–H groups in total. The van der Waals surface area contributed by atoms with Crippen molar-refractivity contribution in [2.24, 2.45) is 5.92 Å². The van der Waals surface area contributed by atoms with Crippen LogP contribution in [-0.4, -0.2) is 30.5 Å². The number of amides is 1. The molecule has 0 spiro atoms. The predicted octanol–water partition coefficient (Wildman–Crippen LogP) is 6.34. The molecule has 6 heteroatoms. The fraction of sp³-hybridized carbons (Fsp3) is 0.517. The van der Waals surface area contributed by atoms with Gasteiger partial charge in [0, 0.05) is 6.42 Å². The molecule has 1 aliphatic carbocycles. The van der Waals surface area contributed by atoms with Gasteiger partial charge >= 0.3 is 12.1 Å². The number of para-hydroxylation sites is 1. The lowest BCUT2D eigenvalue weighted by Gasteiger charge is -2.24. The van der Waals surface area contributed by atoms with Crippen molar-refractivity contribution in [3.05, 3.63) is 65.2 Å². The second-order valence-corrected chi connectivity index (χ2v) is 10.7. The number of alkyl carbamates (subject to hydrolysis) is 1. The SMILES string of the molecule is CC(C)c1cccc([C@H](C)C2CC2)c1OCOC(=O)[C@H](Cc1ccccc1)NC(=O)OC(C)(C)C. The summed E-state index contributed by atoms with van der Waals surface area (Å²) in [6.45, 7) is 11.6. The average molecular weight is 482 g/mol. The van der Waals surface area contributed by atoms with Crippen LogP contribution in [-0.2, 0) is 20.7 Å². The molecule has 1 aliphatic rings. The Morgan fingerprint density at radius 2 is 1.63 bits per heavy atom. The van der Waals surface area contributed by atoms with E-state index in [9.17, 15) is 9.59 Å². The minimum absolute atomic E-state index is 0.228. The first kappa shape index (κ1) is 26.6. The fourth-order valence-corrected chi connectivity index (χ4v) is 4.14. The van der Waals surface area contributed by atoms with E-state index in [1.54, 1.807) is 20.8 Å². The number of rotatable bonds is 10. The van der Waals surface area contributed by atoms with Crippen LogP contribution in [0.25, 0.3) is 0 Å². The van der Waals surface area contributed by atoms with Gasteiger partial charge in [0.15, 0.2) is 0 Å². The summed E-state index contributed by atoms with van der Waals surface area (Å²) in [6, 6.07) is 14.8. The molecule has 0 saturated heterocycles. The Morgan fingerprint density at radius 3 is 2.23 bits per heavy atom. The molecule has 1 amide bonds. The molecular weight excluding hydrogens is 442 g/mol. The number of hydrogen-bond acceptors (Lipinski definition) is 5. The van der Waals surface area contributed by atoms with Crippen LogP contribution in [0, 0.1) is 5.92 Å². The largest absolute Gasteiger partial charge is 0.457 e. The zero-order valence-electron chi connectivity index (χ0n) is 21.8. The van der Waals surface area contributed by atoms with Crippen LogP contribution >= 0.6 is 0 Å². The Bertz CT molecular complexity index is 992. The molecule has 0 heterocycles. The first-order valence-electron chi connectivity index (χ1n) is 12.5. The Balaban J connectivity index is 1.70. The lowest BCUT2D eigenvalue weighted by molar-refractivity contribution is -0.152. The maximum absolute atomic E-state index is 13.0. The van der Waals surface area contributed by atoms with Crippen LogP contribution in [0.15, 0.2) is 48.5 Å². The summed E-state index contributed by atoms with van der Waals surface area (Å²) < 4.78 is 17.0. The minimum Gasteiger partial charge on any atom is -0.457 e. The molecule has 2 aromatic rings. The number of benzene rings is 2. The van der Waals surface area contributed by atoms with Crippen molar-refractivity contribution in [1.82, 2.24) is 5.32 Å². The summed E-state index contributed by atoms with van der Waals surface area (Å²) in [5, 5.41) is 2.66. The van der Waals surface area contributed by atoms with Crippen LogP contribution in [0.1, 0.15) is 82.9 Å². The molecule has 0 bridgehead atoms. The topological polar surface area (TPSA) is 73.9 Å². The highest BCUT2D eigenvalue weighted by atomic mass is 16.7. The van der Waals surface area contributed by atoms with Gasteiger partial charge in [0.05, 0.1) is 0 Å². The van der Waals surface area contributed by atoms with Gasteiger partial charge in [0.2, 0.25) is 6.79 Å². The normalized spacial score (nSPS) is 15.3. The first-order chi connectivity index (χ1) is 16.5. The molecule has 0 unspecified atom stereocenters. The maximum Gasteiger partial charge on any atom is 0.408 e. The molecule has 3 rings (SSSR count). The molecule has 190 valence electrons. The highest BCUT2D eigenvalue weighted by Gasteiger charge is 2.32. The molecule has 1 saturated carbocycles. The number of carbonyl (C=O) groups excluding carboxylic acids is 2. The van der Waals surface area contributed by atoms with E-state index < -0.39 is 23.7 Å². The third-order valence-corrected chi connectivity index (χ3v) is 6.18. The van der Waals surface area contributed by atoms with Gasteiger partial charge < -0.3 is 19.5 Å². The number of hydrogen-bond donors (Lipinski definition) is 1. The van der Waals surface area contributed by atoms with Crippen LogP contribution in [0.3, 0.4) is 0 Å². The summed E-state index contributed by atoms with van der Waals surface area (Å²) in [4.78, 5) is 25.4.